The monoisotopic (exact) mass is 240 g/mol. The number of aliphatic hydroxyl groups excluding tert-OH is 2. The summed E-state index contributed by atoms with van der Waals surface area (Å²) in [5.74, 6) is 0. The molecule has 1 aromatic rings. The van der Waals surface area contributed by atoms with Crippen LogP contribution in [-0.2, 0) is 0 Å². The average Bonchev–Trinajstić information content (AvgIpc) is 2.37. The molecule has 0 saturated carbocycles. The number of nitrogens with one attached hydrogen (secondary N) is 1. The molecule has 0 aliphatic rings. The normalized spacial score (nSPS) is 11.2. The van der Waals surface area contributed by atoms with Crippen LogP contribution in [-0.4, -0.2) is 33.9 Å². The SMILES string of the molecule is CCC(CO)(CO)Nc1ccc([N+](=O)[O-])cc1. The maximum Gasteiger partial charge on any atom is 0.269 e. The molecule has 0 fully saturated rings. The smallest absolute Gasteiger partial charge is 0.269 e. The number of nitro groups is 1. The van der Waals surface area contributed by atoms with Crippen molar-refractivity contribution in [2.24, 2.45) is 0 Å². The van der Waals surface area contributed by atoms with E-state index in [4.69, 9.17) is 0 Å². The zero-order valence-electron chi connectivity index (χ0n) is 9.59. The van der Waals surface area contributed by atoms with Crippen LogP contribution in [0.15, 0.2) is 24.3 Å². The van der Waals surface area contributed by atoms with Gasteiger partial charge >= 0.3 is 0 Å². The van der Waals surface area contributed by atoms with Gasteiger partial charge in [0.15, 0.2) is 0 Å². The molecule has 3 N–H and O–H groups in total. The van der Waals surface area contributed by atoms with Gasteiger partial charge in [-0.3, -0.25) is 10.1 Å². The van der Waals surface area contributed by atoms with Gasteiger partial charge in [-0.15, -0.1) is 0 Å². The van der Waals surface area contributed by atoms with E-state index in [1.54, 1.807) is 12.1 Å². The quantitative estimate of drug-likeness (QED) is 0.512. The molecule has 0 radical (unpaired) electrons. The first-order chi connectivity index (χ1) is 8.06. The zero-order valence-corrected chi connectivity index (χ0v) is 9.59. The summed E-state index contributed by atoms with van der Waals surface area (Å²) in [5.41, 5.74) is -0.165. The van der Waals surface area contributed by atoms with Crippen LogP contribution in [0.5, 0.6) is 0 Å². The molecule has 0 amide bonds. The molecule has 6 nitrogen and oxygen atoms in total. The van der Waals surface area contributed by atoms with Crippen molar-refractivity contribution < 1.29 is 15.1 Å². The minimum absolute atomic E-state index is 0.00523. The first-order valence-electron chi connectivity index (χ1n) is 5.31. The molecule has 1 aromatic carbocycles. The number of rotatable bonds is 6. The van der Waals surface area contributed by atoms with E-state index in [9.17, 15) is 20.3 Å². The summed E-state index contributed by atoms with van der Waals surface area (Å²) in [6.07, 6.45) is 0.539. The predicted molar refractivity (Wildman–Crippen MR) is 63.9 cm³/mol. The molecule has 0 aliphatic carbocycles. The van der Waals surface area contributed by atoms with Crippen LogP contribution in [0.4, 0.5) is 11.4 Å². The Labute approximate surface area is 99.0 Å². The Balaban J connectivity index is 2.84. The van der Waals surface area contributed by atoms with E-state index >= 15 is 0 Å². The highest BCUT2D eigenvalue weighted by atomic mass is 16.6. The number of anilines is 1. The molecule has 0 bridgehead atoms. The number of nitrogens with zero attached hydrogens (tertiary/aromatic N) is 1. The second-order valence-corrected chi connectivity index (χ2v) is 3.88. The second kappa shape index (κ2) is 5.60. The zero-order chi connectivity index (χ0) is 12.9. The van der Waals surface area contributed by atoms with Crippen molar-refractivity contribution in [3.8, 4) is 0 Å². The Morgan fingerprint density at radius 1 is 1.29 bits per heavy atom. The van der Waals surface area contributed by atoms with Crippen molar-refractivity contribution in [1.82, 2.24) is 0 Å². The molecular formula is C11H16N2O4. The minimum Gasteiger partial charge on any atom is -0.394 e. The molecule has 1 rings (SSSR count). The van der Waals surface area contributed by atoms with Gasteiger partial charge in [0.2, 0.25) is 0 Å². The van der Waals surface area contributed by atoms with Crippen molar-refractivity contribution in [1.29, 1.82) is 0 Å². The fourth-order valence-electron chi connectivity index (χ4n) is 1.41. The predicted octanol–water partition coefficient (Wildman–Crippen LogP) is 1.14. The van der Waals surface area contributed by atoms with Gasteiger partial charge in [-0.05, 0) is 18.6 Å². The van der Waals surface area contributed by atoms with E-state index in [1.807, 2.05) is 6.92 Å². The largest absolute Gasteiger partial charge is 0.394 e. The maximum absolute atomic E-state index is 10.5. The molecule has 0 aliphatic heterocycles. The van der Waals surface area contributed by atoms with Crippen molar-refractivity contribution in [3.05, 3.63) is 34.4 Å². The number of hydrogen-bond acceptors (Lipinski definition) is 5. The maximum atomic E-state index is 10.5. The summed E-state index contributed by atoms with van der Waals surface area (Å²) >= 11 is 0. The van der Waals surface area contributed by atoms with Gasteiger partial charge in [0.25, 0.3) is 5.69 Å². The lowest BCUT2D eigenvalue weighted by molar-refractivity contribution is -0.384. The van der Waals surface area contributed by atoms with E-state index in [2.05, 4.69) is 5.32 Å². The lowest BCUT2D eigenvalue weighted by Gasteiger charge is -2.30. The summed E-state index contributed by atoms with van der Waals surface area (Å²) in [6.45, 7) is 1.42. The number of aliphatic hydroxyl groups is 2. The number of non-ortho nitro benzene ring substituents is 1. The van der Waals surface area contributed by atoms with E-state index in [1.165, 1.54) is 12.1 Å². The number of nitro benzene ring substituents is 1. The first-order valence-corrected chi connectivity index (χ1v) is 5.31. The molecule has 0 atom stereocenters. The summed E-state index contributed by atoms with van der Waals surface area (Å²) < 4.78 is 0. The molecule has 0 saturated heterocycles. The highest BCUT2D eigenvalue weighted by Gasteiger charge is 2.26. The van der Waals surface area contributed by atoms with Crippen LogP contribution in [0.2, 0.25) is 0 Å². The summed E-state index contributed by atoms with van der Waals surface area (Å²) in [4.78, 5) is 9.99. The minimum atomic E-state index is -0.796. The molecule has 17 heavy (non-hydrogen) atoms. The third-order valence-corrected chi connectivity index (χ3v) is 2.77. The summed E-state index contributed by atoms with van der Waals surface area (Å²) in [5, 5.41) is 32.0. The molecule has 0 spiro atoms. The van der Waals surface area contributed by atoms with Crippen LogP contribution in [0.25, 0.3) is 0 Å². The Morgan fingerprint density at radius 3 is 2.18 bits per heavy atom. The third-order valence-electron chi connectivity index (χ3n) is 2.77. The summed E-state index contributed by atoms with van der Waals surface area (Å²) in [7, 11) is 0. The van der Waals surface area contributed by atoms with Gasteiger partial charge < -0.3 is 15.5 Å². The van der Waals surface area contributed by atoms with Crippen LogP contribution < -0.4 is 5.32 Å². The van der Waals surface area contributed by atoms with E-state index < -0.39 is 10.5 Å². The topological polar surface area (TPSA) is 95.6 Å². The van der Waals surface area contributed by atoms with Gasteiger partial charge in [0, 0.05) is 17.8 Å². The van der Waals surface area contributed by atoms with Gasteiger partial charge in [0.1, 0.15) is 0 Å². The molecule has 6 heteroatoms. The molecule has 0 unspecified atom stereocenters. The Hall–Kier alpha value is -1.66. The van der Waals surface area contributed by atoms with Crippen LogP contribution in [0, 0.1) is 10.1 Å². The first kappa shape index (κ1) is 13.4. The van der Waals surface area contributed by atoms with E-state index in [0.29, 0.717) is 12.1 Å². The van der Waals surface area contributed by atoms with Crippen molar-refractivity contribution in [2.45, 2.75) is 18.9 Å². The molecule has 94 valence electrons. The average molecular weight is 240 g/mol. The van der Waals surface area contributed by atoms with Crippen molar-refractivity contribution >= 4 is 11.4 Å². The van der Waals surface area contributed by atoms with Crippen molar-refractivity contribution in [3.63, 3.8) is 0 Å². The fourth-order valence-corrected chi connectivity index (χ4v) is 1.41. The molecule has 0 heterocycles. The lowest BCUT2D eigenvalue weighted by atomic mass is 9.98. The van der Waals surface area contributed by atoms with Gasteiger partial charge in [-0.25, -0.2) is 0 Å². The van der Waals surface area contributed by atoms with E-state index in [-0.39, 0.29) is 18.9 Å². The van der Waals surface area contributed by atoms with Crippen LogP contribution in [0.3, 0.4) is 0 Å². The Kier molecular flexibility index (Phi) is 4.42. The van der Waals surface area contributed by atoms with Gasteiger partial charge in [-0.1, -0.05) is 6.92 Å². The highest BCUT2D eigenvalue weighted by Crippen LogP contribution is 2.21. The highest BCUT2D eigenvalue weighted by molar-refractivity contribution is 5.50. The number of hydrogen-bond donors (Lipinski definition) is 3. The van der Waals surface area contributed by atoms with Crippen LogP contribution >= 0.6 is 0 Å². The molecule has 0 aromatic heterocycles. The van der Waals surface area contributed by atoms with E-state index in [0.717, 1.165) is 0 Å². The fraction of sp³-hybridized carbons (Fsp3) is 0.455. The molecular weight excluding hydrogens is 224 g/mol. The third kappa shape index (κ3) is 3.15. The Morgan fingerprint density at radius 2 is 1.82 bits per heavy atom. The standard InChI is InChI=1S/C11H16N2O4/c1-2-11(7-14,8-15)12-9-3-5-10(6-4-9)13(16)17/h3-6,12,14-15H,2,7-8H2,1H3. The second-order valence-electron chi connectivity index (χ2n) is 3.88. The lowest BCUT2D eigenvalue weighted by Crippen LogP contribution is -2.45. The van der Waals surface area contributed by atoms with Crippen molar-refractivity contribution in [2.75, 3.05) is 18.5 Å². The van der Waals surface area contributed by atoms with Gasteiger partial charge in [0.05, 0.1) is 23.7 Å². The van der Waals surface area contributed by atoms with Gasteiger partial charge in [-0.2, -0.15) is 0 Å². The number of benzene rings is 1. The summed E-state index contributed by atoms with van der Waals surface area (Å²) in [6, 6.07) is 5.84. The van der Waals surface area contributed by atoms with Crippen LogP contribution in [0.1, 0.15) is 13.3 Å². The Bertz CT molecular complexity index is 365.